The second-order valence-electron chi connectivity index (χ2n) is 10.1. The van der Waals surface area contributed by atoms with Gasteiger partial charge in [-0.15, -0.1) is 0 Å². The molecule has 0 amide bonds. The van der Waals surface area contributed by atoms with E-state index in [0.29, 0.717) is 12.8 Å². The third kappa shape index (κ3) is 3.75. The fourth-order valence-corrected chi connectivity index (χ4v) is 6.56. The van der Waals surface area contributed by atoms with Gasteiger partial charge in [0.15, 0.2) is 23.7 Å². The molecule has 1 aromatic carbocycles. The first-order chi connectivity index (χ1) is 17.5. The van der Waals surface area contributed by atoms with Gasteiger partial charge in [-0.25, -0.2) is 9.59 Å². The molecule has 1 saturated carbocycles. The lowest BCUT2D eigenvalue weighted by Crippen LogP contribution is -2.67. The second kappa shape index (κ2) is 8.76. The first-order valence-electron chi connectivity index (χ1n) is 12.2. The number of carboxylic acid groups (broad SMARTS) is 1. The van der Waals surface area contributed by atoms with E-state index >= 15 is 0 Å². The molecule has 5 rings (SSSR count). The fraction of sp³-hybridized carbons (Fsp3) is 0.538. The van der Waals surface area contributed by atoms with E-state index in [0.717, 1.165) is 30.9 Å². The zero-order chi connectivity index (χ0) is 26.7. The molecule has 1 aromatic rings. The Morgan fingerprint density at radius 1 is 1.19 bits per heavy atom. The highest BCUT2D eigenvalue weighted by Gasteiger charge is 2.70. The predicted octanol–water partition coefficient (Wildman–Crippen LogP) is 1.65. The van der Waals surface area contributed by atoms with Gasteiger partial charge in [-0.3, -0.25) is 9.59 Å². The summed E-state index contributed by atoms with van der Waals surface area (Å²) in [6.45, 7) is 2.26. The average Bonchev–Trinajstić information content (AvgIpc) is 3.16. The van der Waals surface area contributed by atoms with E-state index < -0.39 is 59.6 Å². The molecular formula is C26H28O11. The molecule has 4 aliphatic rings. The molecule has 11 nitrogen and oxygen atoms in total. The number of hydrogen-bond acceptors (Lipinski definition) is 10. The Balaban J connectivity index is 1.38. The normalized spacial score (nSPS) is 30.1. The summed E-state index contributed by atoms with van der Waals surface area (Å²) < 4.78 is 21.6. The Morgan fingerprint density at radius 3 is 2.65 bits per heavy atom. The number of aromatic hydroxyl groups is 1. The van der Waals surface area contributed by atoms with Crippen molar-refractivity contribution in [2.45, 2.75) is 81.7 Å². The SMILES string of the molecule is CC(=O)O[C@@H](CC(=O)O)C(=O)O[C@@H](C)C(=O)OC1=CC[C@]2(O)[C@H]3CCC[C@]24c2c(ccc(O)c2O[C@H]14)C3. The number of rotatable bonds is 7. The highest BCUT2D eigenvalue weighted by atomic mass is 16.6. The van der Waals surface area contributed by atoms with E-state index in [9.17, 15) is 29.4 Å². The van der Waals surface area contributed by atoms with E-state index in [-0.39, 0.29) is 29.6 Å². The maximum Gasteiger partial charge on any atom is 0.352 e. The fourth-order valence-electron chi connectivity index (χ4n) is 6.56. The minimum atomic E-state index is -1.72. The Kier molecular flexibility index (Phi) is 5.93. The minimum Gasteiger partial charge on any atom is -0.504 e. The summed E-state index contributed by atoms with van der Waals surface area (Å²) in [6, 6.07) is 3.41. The molecule has 0 saturated heterocycles. The van der Waals surface area contributed by atoms with Crippen LogP contribution < -0.4 is 4.74 Å². The van der Waals surface area contributed by atoms with Crippen LogP contribution in [0.15, 0.2) is 24.0 Å². The molecule has 0 unspecified atom stereocenters. The van der Waals surface area contributed by atoms with Gasteiger partial charge in [0.25, 0.3) is 0 Å². The molecule has 198 valence electrons. The largest absolute Gasteiger partial charge is 0.504 e. The molecule has 0 radical (unpaired) electrons. The summed E-state index contributed by atoms with van der Waals surface area (Å²) in [6.07, 6.45) is -0.144. The third-order valence-corrected chi connectivity index (χ3v) is 8.04. The van der Waals surface area contributed by atoms with Crippen molar-refractivity contribution in [3.63, 3.8) is 0 Å². The van der Waals surface area contributed by atoms with Crippen LogP contribution in [0.3, 0.4) is 0 Å². The summed E-state index contributed by atoms with van der Waals surface area (Å²) in [5.41, 5.74) is -0.280. The number of phenolic OH excluding ortho intramolecular Hbond substituents is 1. The smallest absolute Gasteiger partial charge is 0.352 e. The summed E-state index contributed by atoms with van der Waals surface area (Å²) in [5, 5.41) is 31.5. The van der Waals surface area contributed by atoms with E-state index in [2.05, 4.69) is 0 Å². The van der Waals surface area contributed by atoms with Crippen LogP contribution in [0.25, 0.3) is 0 Å². The first kappa shape index (κ1) is 25.1. The van der Waals surface area contributed by atoms with Gasteiger partial charge in [-0.1, -0.05) is 12.5 Å². The number of benzene rings is 1. The summed E-state index contributed by atoms with van der Waals surface area (Å²) in [5.74, 6) is -4.08. The topological polar surface area (TPSA) is 166 Å². The molecule has 1 fully saturated rings. The predicted molar refractivity (Wildman–Crippen MR) is 122 cm³/mol. The Hall–Kier alpha value is -3.60. The lowest BCUT2D eigenvalue weighted by Gasteiger charge is -2.59. The number of hydrogen-bond donors (Lipinski definition) is 3. The molecule has 6 atom stereocenters. The monoisotopic (exact) mass is 516 g/mol. The van der Waals surface area contributed by atoms with Crippen molar-refractivity contribution in [3.8, 4) is 11.5 Å². The summed E-state index contributed by atoms with van der Waals surface area (Å²) in [7, 11) is 0. The number of phenols is 1. The van der Waals surface area contributed by atoms with Crippen LogP contribution in [-0.2, 0) is 45.2 Å². The zero-order valence-electron chi connectivity index (χ0n) is 20.4. The number of carboxylic acids is 1. The average molecular weight is 516 g/mol. The van der Waals surface area contributed by atoms with Crippen LogP contribution in [-0.4, -0.2) is 63.1 Å². The molecule has 11 heteroatoms. The second-order valence-corrected chi connectivity index (χ2v) is 10.1. The van der Waals surface area contributed by atoms with Gasteiger partial charge in [-0.05, 0) is 56.2 Å². The van der Waals surface area contributed by atoms with Gasteiger partial charge in [-0.2, -0.15) is 0 Å². The Morgan fingerprint density at radius 2 is 1.95 bits per heavy atom. The molecule has 3 N–H and O–H groups in total. The van der Waals surface area contributed by atoms with Crippen LogP contribution >= 0.6 is 0 Å². The van der Waals surface area contributed by atoms with Gasteiger partial charge in [0.2, 0.25) is 6.10 Å². The molecule has 1 heterocycles. The van der Waals surface area contributed by atoms with Crippen molar-refractivity contribution >= 4 is 23.9 Å². The van der Waals surface area contributed by atoms with Crippen molar-refractivity contribution in [2.24, 2.45) is 5.92 Å². The maximum atomic E-state index is 12.9. The van der Waals surface area contributed by atoms with E-state index in [1.54, 1.807) is 12.1 Å². The van der Waals surface area contributed by atoms with Crippen LogP contribution in [0.1, 0.15) is 57.1 Å². The maximum absolute atomic E-state index is 12.9. The van der Waals surface area contributed by atoms with Crippen LogP contribution in [0.2, 0.25) is 0 Å². The van der Waals surface area contributed by atoms with E-state index in [4.69, 9.17) is 24.1 Å². The number of esters is 3. The first-order valence-corrected chi connectivity index (χ1v) is 12.2. The highest BCUT2D eigenvalue weighted by Crippen LogP contribution is 2.67. The number of aliphatic hydroxyl groups is 1. The van der Waals surface area contributed by atoms with Crippen molar-refractivity contribution < 1.29 is 53.4 Å². The number of aliphatic carboxylic acids is 1. The van der Waals surface area contributed by atoms with Crippen LogP contribution in [0, 0.1) is 5.92 Å². The lowest BCUT2D eigenvalue weighted by molar-refractivity contribution is -0.180. The Labute approximate surface area is 212 Å². The van der Waals surface area contributed by atoms with Gasteiger partial charge < -0.3 is 34.3 Å². The van der Waals surface area contributed by atoms with Crippen molar-refractivity contribution in [1.82, 2.24) is 0 Å². The van der Waals surface area contributed by atoms with Gasteiger partial charge in [0.1, 0.15) is 5.76 Å². The third-order valence-electron chi connectivity index (χ3n) is 8.04. The molecule has 0 aromatic heterocycles. The van der Waals surface area contributed by atoms with E-state index in [1.165, 1.54) is 6.92 Å². The molecule has 3 aliphatic carbocycles. The highest BCUT2D eigenvalue weighted by molar-refractivity contribution is 5.86. The zero-order valence-corrected chi connectivity index (χ0v) is 20.4. The number of ether oxygens (including phenoxy) is 4. The molecular weight excluding hydrogens is 488 g/mol. The summed E-state index contributed by atoms with van der Waals surface area (Å²) >= 11 is 0. The number of carbonyl (C=O) groups excluding carboxylic acids is 3. The number of carbonyl (C=O) groups is 4. The van der Waals surface area contributed by atoms with Crippen molar-refractivity contribution in [3.05, 3.63) is 35.1 Å². The van der Waals surface area contributed by atoms with Crippen molar-refractivity contribution in [1.29, 1.82) is 0 Å². The summed E-state index contributed by atoms with van der Waals surface area (Å²) in [4.78, 5) is 47.6. The molecule has 2 bridgehead atoms. The Bertz CT molecular complexity index is 1200. The minimum absolute atomic E-state index is 0.0174. The molecule has 1 aliphatic heterocycles. The van der Waals surface area contributed by atoms with Crippen LogP contribution in [0.5, 0.6) is 11.5 Å². The lowest BCUT2D eigenvalue weighted by atomic mass is 9.47. The van der Waals surface area contributed by atoms with Gasteiger partial charge >= 0.3 is 23.9 Å². The van der Waals surface area contributed by atoms with Gasteiger partial charge in [0, 0.05) is 12.5 Å². The van der Waals surface area contributed by atoms with Crippen LogP contribution in [0.4, 0.5) is 0 Å². The van der Waals surface area contributed by atoms with Gasteiger partial charge in [0.05, 0.1) is 17.4 Å². The quantitative estimate of drug-likeness (QED) is 0.356. The van der Waals surface area contributed by atoms with E-state index in [1.807, 2.05) is 6.07 Å². The standard InChI is InChI=1S/C26H28O11/c1-12(34-24(32)18(11-19(29)30)35-13(2)27)23(31)36-17-7-9-26(33)15-4-3-8-25(26)20-14(10-15)5-6-16(28)21(20)37-22(17)25/h5-7,12,15,18,22,28,33H,3-4,8-11H2,1-2H3,(H,29,30)/t12-,15-,18-,22+,25+,26-/m0/s1. The molecule has 1 spiro atoms. The van der Waals surface area contributed by atoms with Crippen molar-refractivity contribution in [2.75, 3.05) is 0 Å². The molecule has 37 heavy (non-hydrogen) atoms.